The van der Waals surface area contributed by atoms with Crippen molar-refractivity contribution in [3.63, 3.8) is 0 Å². The zero-order valence-electron chi connectivity index (χ0n) is 11.3. The molecule has 0 atom stereocenters. The lowest BCUT2D eigenvalue weighted by atomic mass is 9.66. The standard InChI is InChI=1S/C16H22N2O/c17-11-16(6-3-7-16)10-15(19)18-14-8-12-4-1-2-5-13(12)9-14/h1-2,4-5,14H,3,6-11,17H2,(H,18,19). The number of nitrogens with one attached hydrogen (secondary N) is 1. The molecule has 1 saturated carbocycles. The molecule has 0 radical (unpaired) electrons. The van der Waals surface area contributed by atoms with E-state index in [1.54, 1.807) is 0 Å². The maximum Gasteiger partial charge on any atom is 0.220 e. The van der Waals surface area contributed by atoms with Crippen LogP contribution in [0.4, 0.5) is 0 Å². The number of fused-ring (bicyclic) bond motifs is 1. The SMILES string of the molecule is NCC1(CC(=O)NC2Cc3ccccc3C2)CCC1. The fraction of sp³-hybridized carbons (Fsp3) is 0.562. The van der Waals surface area contributed by atoms with Crippen LogP contribution >= 0.6 is 0 Å². The fourth-order valence-corrected chi connectivity index (χ4v) is 3.41. The highest BCUT2D eigenvalue weighted by molar-refractivity contribution is 5.77. The maximum absolute atomic E-state index is 12.2. The number of hydrogen-bond donors (Lipinski definition) is 2. The van der Waals surface area contributed by atoms with Crippen molar-refractivity contribution in [2.24, 2.45) is 11.1 Å². The summed E-state index contributed by atoms with van der Waals surface area (Å²) < 4.78 is 0. The summed E-state index contributed by atoms with van der Waals surface area (Å²) in [6.07, 6.45) is 5.99. The Labute approximate surface area is 114 Å². The number of carbonyl (C=O) groups is 1. The van der Waals surface area contributed by atoms with Crippen molar-refractivity contribution in [2.45, 2.75) is 44.6 Å². The van der Waals surface area contributed by atoms with E-state index in [4.69, 9.17) is 5.73 Å². The van der Waals surface area contributed by atoms with E-state index in [-0.39, 0.29) is 17.4 Å². The molecular formula is C16H22N2O. The number of amides is 1. The lowest BCUT2D eigenvalue weighted by molar-refractivity contribution is -0.125. The Balaban J connectivity index is 1.54. The summed E-state index contributed by atoms with van der Waals surface area (Å²) in [6.45, 7) is 0.644. The van der Waals surface area contributed by atoms with Crippen LogP contribution in [0.15, 0.2) is 24.3 Å². The van der Waals surface area contributed by atoms with Crippen LogP contribution in [0.2, 0.25) is 0 Å². The van der Waals surface area contributed by atoms with Crippen LogP contribution in [0.5, 0.6) is 0 Å². The van der Waals surface area contributed by atoms with Gasteiger partial charge in [0.1, 0.15) is 0 Å². The van der Waals surface area contributed by atoms with E-state index >= 15 is 0 Å². The lowest BCUT2D eigenvalue weighted by Gasteiger charge is -2.40. The first-order chi connectivity index (χ1) is 9.21. The molecule has 3 nitrogen and oxygen atoms in total. The summed E-state index contributed by atoms with van der Waals surface area (Å²) >= 11 is 0. The largest absolute Gasteiger partial charge is 0.353 e. The molecule has 0 heterocycles. The number of nitrogens with two attached hydrogens (primary N) is 1. The van der Waals surface area contributed by atoms with Gasteiger partial charge in [-0.3, -0.25) is 4.79 Å². The van der Waals surface area contributed by atoms with Gasteiger partial charge in [-0.25, -0.2) is 0 Å². The van der Waals surface area contributed by atoms with E-state index in [0.29, 0.717) is 13.0 Å². The molecule has 0 spiro atoms. The predicted octanol–water partition coefficient (Wildman–Crippen LogP) is 1.79. The first-order valence-electron chi connectivity index (χ1n) is 7.27. The minimum Gasteiger partial charge on any atom is -0.353 e. The minimum absolute atomic E-state index is 0.107. The topological polar surface area (TPSA) is 55.1 Å². The van der Waals surface area contributed by atoms with E-state index in [0.717, 1.165) is 25.7 Å². The molecule has 3 N–H and O–H groups in total. The number of benzene rings is 1. The highest BCUT2D eigenvalue weighted by Crippen LogP contribution is 2.42. The van der Waals surface area contributed by atoms with Gasteiger partial charge in [-0.05, 0) is 48.8 Å². The third kappa shape index (κ3) is 2.52. The molecule has 3 rings (SSSR count). The highest BCUT2D eigenvalue weighted by Gasteiger charge is 2.38. The summed E-state index contributed by atoms with van der Waals surface area (Å²) in [5, 5.41) is 3.19. The van der Waals surface area contributed by atoms with Crippen molar-refractivity contribution in [3.05, 3.63) is 35.4 Å². The van der Waals surface area contributed by atoms with Crippen molar-refractivity contribution >= 4 is 5.91 Å². The number of hydrogen-bond acceptors (Lipinski definition) is 2. The van der Waals surface area contributed by atoms with Gasteiger partial charge in [0.25, 0.3) is 0 Å². The molecule has 0 aliphatic heterocycles. The Morgan fingerprint density at radius 2 is 1.89 bits per heavy atom. The predicted molar refractivity (Wildman–Crippen MR) is 75.7 cm³/mol. The molecule has 3 heteroatoms. The van der Waals surface area contributed by atoms with Gasteiger partial charge < -0.3 is 11.1 Å². The Hall–Kier alpha value is -1.35. The average Bonchev–Trinajstić information content (AvgIpc) is 2.75. The highest BCUT2D eigenvalue weighted by atomic mass is 16.1. The molecule has 1 aromatic carbocycles. The van der Waals surface area contributed by atoms with Crippen LogP contribution in [-0.2, 0) is 17.6 Å². The van der Waals surface area contributed by atoms with Gasteiger partial charge in [0.05, 0.1) is 0 Å². The van der Waals surface area contributed by atoms with Crippen molar-refractivity contribution < 1.29 is 4.79 Å². The lowest BCUT2D eigenvalue weighted by Crippen LogP contribution is -2.44. The third-order valence-electron chi connectivity index (χ3n) is 4.80. The molecule has 2 aliphatic carbocycles. The van der Waals surface area contributed by atoms with Crippen molar-refractivity contribution in [2.75, 3.05) is 6.54 Å². The van der Waals surface area contributed by atoms with Gasteiger partial charge in [-0.1, -0.05) is 30.7 Å². The summed E-state index contributed by atoms with van der Waals surface area (Å²) in [5.74, 6) is 0.183. The van der Waals surface area contributed by atoms with Crippen molar-refractivity contribution in [1.29, 1.82) is 0 Å². The maximum atomic E-state index is 12.2. The Morgan fingerprint density at radius 1 is 1.26 bits per heavy atom. The van der Waals surface area contributed by atoms with Crippen LogP contribution in [0, 0.1) is 5.41 Å². The zero-order valence-corrected chi connectivity index (χ0v) is 11.3. The van der Waals surface area contributed by atoms with Gasteiger partial charge in [0.15, 0.2) is 0 Å². The van der Waals surface area contributed by atoms with E-state index < -0.39 is 0 Å². The first-order valence-corrected chi connectivity index (χ1v) is 7.27. The normalized spacial score (nSPS) is 20.7. The molecule has 0 unspecified atom stereocenters. The molecule has 1 fully saturated rings. The molecule has 1 amide bonds. The van der Waals surface area contributed by atoms with E-state index in [1.165, 1.54) is 17.5 Å². The monoisotopic (exact) mass is 258 g/mol. The van der Waals surface area contributed by atoms with E-state index in [1.807, 2.05) is 0 Å². The molecule has 19 heavy (non-hydrogen) atoms. The van der Waals surface area contributed by atoms with Crippen LogP contribution in [0.25, 0.3) is 0 Å². The van der Waals surface area contributed by atoms with Gasteiger partial charge in [0.2, 0.25) is 5.91 Å². The molecular weight excluding hydrogens is 236 g/mol. The van der Waals surface area contributed by atoms with Crippen molar-refractivity contribution in [1.82, 2.24) is 5.32 Å². The van der Waals surface area contributed by atoms with E-state index in [9.17, 15) is 4.79 Å². The smallest absolute Gasteiger partial charge is 0.220 e. The quantitative estimate of drug-likeness (QED) is 0.865. The summed E-state index contributed by atoms with van der Waals surface area (Å²) in [4.78, 5) is 12.2. The molecule has 1 aromatic rings. The van der Waals surface area contributed by atoms with Gasteiger partial charge in [-0.15, -0.1) is 0 Å². The van der Waals surface area contributed by atoms with Gasteiger partial charge >= 0.3 is 0 Å². The molecule has 2 aliphatic rings. The summed E-state index contributed by atoms with van der Waals surface area (Å²) in [5.41, 5.74) is 8.68. The number of rotatable bonds is 4. The summed E-state index contributed by atoms with van der Waals surface area (Å²) in [6, 6.07) is 8.74. The molecule has 0 aromatic heterocycles. The second-order valence-corrected chi connectivity index (χ2v) is 6.18. The molecule has 0 saturated heterocycles. The fourth-order valence-electron chi connectivity index (χ4n) is 3.41. The Morgan fingerprint density at radius 3 is 2.37 bits per heavy atom. The average molecular weight is 258 g/mol. The zero-order chi connectivity index (χ0) is 13.3. The Kier molecular flexibility index (Phi) is 3.31. The minimum atomic E-state index is 0.107. The van der Waals surface area contributed by atoms with E-state index in [2.05, 4.69) is 29.6 Å². The van der Waals surface area contributed by atoms with Crippen LogP contribution in [0.3, 0.4) is 0 Å². The van der Waals surface area contributed by atoms with Gasteiger partial charge in [-0.2, -0.15) is 0 Å². The third-order valence-corrected chi connectivity index (χ3v) is 4.80. The summed E-state index contributed by atoms with van der Waals surface area (Å²) in [7, 11) is 0. The second-order valence-electron chi connectivity index (χ2n) is 6.18. The first kappa shape index (κ1) is 12.7. The van der Waals surface area contributed by atoms with Crippen LogP contribution in [-0.4, -0.2) is 18.5 Å². The molecule has 0 bridgehead atoms. The number of carbonyl (C=O) groups excluding carboxylic acids is 1. The molecule has 102 valence electrons. The van der Waals surface area contributed by atoms with Crippen molar-refractivity contribution in [3.8, 4) is 0 Å². The Bertz CT molecular complexity index is 449. The van der Waals surface area contributed by atoms with Crippen LogP contribution < -0.4 is 11.1 Å². The van der Waals surface area contributed by atoms with Gasteiger partial charge in [0, 0.05) is 12.5 Å². The second kappa shape index (κ2) is 4.97. The van der Waals surface area contributed by atoms with Crippen LogP contribution in [0.1, 0.15) is 36.8 Å².